The summed E-state index contributed by atoms with van der Waals surface area (Å²) >= 11 is 1.40. The Morgan fingerprint density at radius 1 is 1.29 bits per heavy atom. The lowest BCUT2D eigenvalue weighted by Crippen LogP contribution is -2.18. The van der Waals surface area contributed by atoms with Crippen LogP contribution in [-0.2, 0) is 16.6 Å². The summed E-state index contributed by atoms with van der Waals surface area (Å²) in [4.78, 5) is 1.02. The van der Waals surface area contributed by atoms with Crippen molar-refractivity contribution in [1.29, 1.82) is 0 Å². The molecule has 1 aliphatic carbocycles. The molecule has 3 rings (SSSR count). The Morgan fingerprint density at radius 2 is 2.10 bits per heavy atom. The maximum absolute atomic E-state index is 13.1. The zero-order chi connectivity index (χ0) is 14.9. The van der Waals surface area contributed by atoms with E-state index in [0.717, 1.165) is 23.8 Å². The molecule has 7 heteroatoms. The Balaban J connectivity index is 1.79. The van der Waals surface area contributed by atoms with Gasteiger partial charge >= 0.3 is 0 Å². The van der Waals surface area contributed by atoms with E-state index in [1.165, 1.54) is 29.5 Å². The van der Waals surface area contributed by atoms with Gasteiger partial charge in [0.05, 0.1) is 5.69 Å². The van der Waals surface area contributed by atoms with E-state index in [-0.39, 0.29) is 10.6 Å². The van der Waals surface area contributed by atoms with Crippen LogP contribution in [0.15, 0.2) is 40.6 Å². The Bertz CT molecular complexity index is 739. The zero-order valence-corrected chi connectivity index (χ0v) is 12.8. The van der Waals surface area contributed by atoms with Gasteiger partial charge in [0.15, 0.2) is 0 Å². The molecule has 0 saturated heterocycles. The maximum Gasteiger partial charge on any atom is 0.263 e. The first kappa shape index (κ1) is 14.5. The number of benzene rings is 1. The van der Waals surface area contributed by atoms with Crippen molar-refractivity contribution in [3.8, 4) is 0 Å². The second-order valence-electron chi connectivity index (χ2n) is 4.98. The van der Waals surface area contributed by atoms with Gasteiger partial charge in [-0.25, -0.2) is 12.8 Å². The molecule has 0 unspecified atom stereocenters. The Hall–Kier alpha value is -1.44. The van der Waals surface area contributed by atoms with Gasteiger partial charge in [-0.15, -0.1) is 11.3 Å². The van der Waals surface area contributed by atoms with E-state index in [0.29, 0.717) is 12.6 Å². The zero-order valence-electron chi connectivity index (χ0n) is 11.2. The van der Waals surface area contributed by atoms with Gasteiger partial charge in [-0.3, -0.25) is 4.72 Å². The lowest BCUT2D eigenvalue weighted by molar-refractivity contribution is 0.598. The minimum absolute atomic E-state index is 0.224. The molecule has 1 fully saturated rings. The lowest BCUT2D eigenvalue weighted by atomic mass is 10.3. The third kappa shape index (κ3) is 3.61. The van der Waals surface area contributed by atoms with Crippen molar-refractivity contribution in [2.24, 2.45) is 0 Å². The number of rotatable bonds is 6. The number of anilines is 1. The Labute approximate surface area is 127 Å². The second kappa shape index (κ2) is 5.75. The highest BCUT2D eigenvalue weighted by atomic mass is 32.2. The Morgan fingerprint density at radius 3 is 2.81 bits per heavy atom. The number of hydrogen-bond donors (Lipinski definition) is 2. The first-order valence-corrected chi connectivity index (χ1v) is 8.99. The van der Waals surface area contributed by atoms with E-state index < -0.39 is 15.8 Å². The molecule has 2 N–H and O–H groups in total. The van der Waals surface area contributed by atoms with Crippen LogP contribution in [0.5, 0.6) is 0 Å². The van der Waals surface area contributed by atoms with Gasteiger partial charge in [-0.1, -0.05) is 6.07 Å². The molecule has 4 nitrogen and oxygen atoms in total. The van der Waals surface area contributed by atoms with Crippen LogP contribution in [0, 0.1) is 5.82 Å². The van der Waals surface area contributed by atoms with Gasteiger partial charge in [0.2, 0.25) is 0 Å². The molecule has 1 saturated carbocycles. The quantitative estimate of drug-likeness (QED) is 0.858. The van der Waals surface area contributed by atoms with E-state index in [9.17, 15) is 12.8 Å². The third-order valence-electron chi connectivity index (χ3n) is 3.20. The van der Waals surface area contributed by atoms with Crippen molar-refractivity contribution in [3.63, 3.8) is 0 Å². The van der Waals surface area contributed by atoms with Crippen molar-refractivity contribution in [2.75, 3.05) is 4.72 Å². The van der Waals surface area contributed by atoms with Crippen LogP contribution >= 0.6 is 11.3 Å². The minimum atomic E-state index is -3.69. The number of hydrogen-bond acceptors (Lipinski definition) is 4. The predicted octanol–water partition coefficient (Wildman–Crippen LogP) is 2.94. The van der Waals surface area contributed by atoms with Gasteiger partial charge in [0, 0.05) is 17.5 Å². The number of halogens is 1. The summed E-state index contributed by atoms with van der Waals surface area (Å²) in [5.41, 5.74) is 0.224. The predicted molar refractivity (Wildman–Crippen MR) is 81.4 cm³/mol. The van der Waals surface area contributed by atoms with Crippen molar-refractivity contribution < 1.29 is 12.8 Å². The highest BCUT2D eigenvalue weighted by Gasteiger charge is 2.24. The van der Waals surface area contributed by atoms with Crippen LogP contribution in [0.25, 0.3) is 0 Å². The normalized spacial score (nSPS) is 15.1. The average molecular weight is 326 g/mol. The van der Waals surface area contributed by atoms with Gasteiger partial charge in [-0.2, -0.15) is 0 Å². The van der Waals surface area contributed by atoms with Gasteiger partial charge in [0.1, 0.15) is 10.7 Å². The number of thiophene rings is 1. The summed E-state index contributed by atoms with van der Waals surface area (Å²) in [5, 5.41) is 5.06. The topological polar surface area (TPSA) is 58.2 Å². The second-order valence-corrected chi connectivity index (χ2v) is 7.63. The summed E-state index contributed by atoms with van der Waals surface area (Å²) in [7, 11) is -3.69. The number of nitrogens with one attached hydrogen (secondary N) is 2. The fraction of sp³-hybridized carbons (Fsp3) is 0.286. The highest BCUT2D eigenvalue weighted by Crippen LogP contribution is 2.26. The molecule has 1 aromatic carbocycles. The van der Waals surface area contributed by atoms with E-state index in [4.69, 9.17) is 0 Å². The van der Waals surface area contributed by atoms with Crippen LogP contribution in [0.3, 0.4) is 0 Å². The molecule has 1 aromatic heterocycles. The molecule has 0 amide bonds. The highest BCUT2D eigenvalue weighted by molar-refractivity contribution is 7.93. The monoisotopic (exact) mass is 326 g/mol. The van der Waals surface area contributed by atoms with E-state index in [2.05, 4.69) is 10.0 Å². The molecule has 0 spiro atoms. The molecule has 2 aromatic rings. The average Bonchev–Trinajstić information content (AvgIpc) is 3.12. The molecule has 0 atom stereocenters. The first-order chi connectivity index (χ1) is 10.0. The molecule has 21 heavy (non-hydrogen) atoms. The first-order valence-electron chi connectivity index (χ1n) is 6.63. The van der Waals surface area contributed by atoms with Crippen LogP contribution in [0.4, 0.5) is 10.1 Å². The fourth-order valence-corrected chi connectivity index (χ4v) is 4.43. The maximum atomic E-state index is 13.1. The van der Waals surface area contributed by atoms with Gasteiger partial charge in [0.25, 0.3) is 10.0 Å². The molecular formula is C14H15FN2O2S2. The molecule has 0 radical (unpaired) electrons. The molecule has 0 bridgehead atoms. The van der Waals surface area contributed by atoms with Crippen molar-refractivity contribution in [3.05, 3.63) is 46.4 Å². The van der Waals surface area contributed by atoms with Gasteiger partial charge < -0.3 is 5.32 Å². The van der Waals surface area contributed by atoms with E-state index in [1.54, 1.807) is 11.4 Å². The lowest BCUT2D eigenvalue weighted by Gasteiger charge is -2.09. The van der Waals surface area contributed by atoms with Crippen molar-refractivity contribution in [2.45, 2.75) is 30.3 Å². The van der Waals surface area contributed by atoms with Crippen molar-refractivity contribution in [1.82, 2.24) is 5.32 Å². The van der Waals surface area contributed by atoms with Crippen LogP contribution in [-0.4, -0.2) is 14.5 Å². The summed E-state index contributed by atoms with van der Waals surface area (Å²) in [5.74, 6) is -0.476. The molecule has 0 aliphatic heterocycles. The van der Waals surface area contributed by atoms with Crippen LogP contribution in [0.2, 0.25) is 0 Å². The summed E-state index contributed by atoms with van der Waals surface area (Å²) in [6.45, 7) is 0.543. The SMILES string of the molecule is O=S(=O)(Nc1cccc(F)c1)c1ccsc1CNC1CC1. The summed E-state index contributed by atoms with van der Waals surface area (Å²) in [6.07, 6.45) is 2.30. The third-order valence-corrected chi connectivity index (χ3v) is 5.72. The van der Waals surface area contributed by atoms with Crippen LogP contribution < -0.4 is 10.0 Å². The number of sulfonamides is 1. The Kier molecular flexibility index (Phi) is 3.97. The molecule has 1 aliphatic rings. The smallest absolute Gasteiger partial charge is 0.263 e. The van der Waals surface area contributed by atoms with E-state index in [1.807, 2.05) is 0 Å². The molecule has 1 heterocycles. The van der Waals surface area contributed by atoms with Crippen molar-refractivity contribution >= 4 is 27.0 Å². The van der Waals surface area contributed by atoms with Crippen LogP contribution in [0.1, 0.15) is 17.7 Å². The minimum Gasteiger partial charge on any atom is -0.309 e. The van der Waals surface area contributed by atoms with Gasteiger partial charge in [-0.05, 0) is 42.5 Å². The standard InChI is InChI=1S/C14H15FN2O2S2/c15-10-2-1-3-12(8-10)17-21(18,19)14-6-7-20-13(14)9-16-11-4-5-11/h1-3,6-8,11,16-17H,4-5,9H2. The summed E-state index contributed by atoms with van der Waals surface area (Å²) in [6, 6.07) is 7.51. The fourth-order valence-electron chi connectivity index (χ4n) is 1.98. The summed E-state index contributed by atoms with van der Waals surface area (Å²) < 4.78 is 40.4. The molecular weight excluding hydrogens is 311 g/mol. The van der Waals surface area contributed by atoms with E-state index >= 15 is 0 Å². The molecule has 112 valence electrons. The largest absolute Gasteiger partial charge is 0.309 e.